The molecule has 0 radical (unpaired) electrons. The van der Waals surface area contributed by atoms with Gasteiger partial charge >= 0.3 is 0 Å². The van der Waals surface area contributed by atoms with Crippen molar-refractivity contribution in [3.05, 3.63) is 88.7 Å². The average molecular weight is 395 g/mol. The minimum atomic E-state index is -0.946. The highest BCUT2D eigenvalue weighted by Gasteiger charge is 2.28. The summed E-state index contributed by atoms with van der Waals surface area (Å²) in [5.74, 6) is -1.86. The van der Waals surface area contributed by atoms with Crippen LogP contribution in [0.1, 0.15) is 35.7 Å². The molecule has 0 spiro atoms. The zero-order valence-corrected chi connectivity index (χ0v) is 16.0. The summed E-state index contributed by atoms with van der Waals surface area (Å²) in [7, 11) is 0. The Morgan fingerprint density at radius 3 is 2.32 bits per heavy atom. The summed E-state index contributed by atoms with van der Waals surface area (Å²) < 4.78 is 28.2. The zero-order valence-electron chi connectivity index (χ0n) is 15.1. The second-order valence-electron chi connectivity index (χ2n) is 6.62. The first-order valence-corrected chi connectivity index (χ1v) is 8.74. The molecule has 0 aliphatic rings. The molecule has 1 aromatic carbocycles. The number of hydrogen-bond acceptors (Lipinski definition) is 3. The Morgan fingerprint density at radius 2 is 1.68 bits per heavy atom. The number of pyridine rings is 2. The molecular weight excluding hydrogens is 380 g/mol. The molecule has 4 nitrogen and oxygen atoms in total. The molecule has 28 heavy (non-hydrogen) atoms. The lowest BCUT2D eigenvalue weighted by Crippen LogP contribution is -2.23. The Bertz CT molecular complexity index is 1120. The normalized spacial score (nSPS) is 11.1. The average Bonchev–Trinajstić information content (AvgIpc) is 2.68. The Hall–Kier alpha value is -3.11. The molecule has 0 unspecified atom stereocenters. The molecule has 0 bridgehead atoms. The fraction of sp³-hybridized carbons (Fsp3) is 0.143. The van der Waals surface area contributed by atoms with Crippen LogP contribution in [0, 0.1) is 18.2 Å². The van der Waals surface area contributed by atoms with Crippen molar-refractivity contribution in [3.63, 3.8) is 0 Å². The van der Waals surface area contributed by atoms with Gasteiger partial charge in [-0.2, -0.15) is 0 Å². The van der Waals surface area contributed by atoms with Gasteiger partial charge in [-0.05, 0) is 50.2 Å². The molecule has 7 heteroatoms. The Kier molecular flexibility index (Phi) is 5.25. The van der Waals surface area contributed by atoms with E-state index in [0.29, 0.717) is 11.4 Å². The predicted octanol–water partition coefficient (Wildman–Crippen LogP) is 5.37. The number of benzene rings is 1. The number of thiol groups is 1. The lowest BCUT2D eigenvalue weighted by Gasteiger charge is -2.24. The van der Waals surface area contributed by atoms with Crippen molar-refractivity contribution in [1.29, 1.82) is 0 Å². The van der Waals surface area contributed by atoms with Crippen LogP contribution in [0.2, 0.25) is 0 Å². The smallest absolute Gasteiger partial charge is 0.257 e. The summed E-state index contributed by atoms with van der Waals surface area (Å²) in [4.78, 5) is 23.3. The SMILES string of the molecule is [C-]#[N+]c1c(F)ccc(-c2cccc(C(C)(C)c3cccc(C(=O)S)n3)n2)c1F. The van der Waals surface area contributed by atoms with Gasteiger partial charge in [0.05, 0.1) is 23.7 Å². The molecule has 0 amide bonds. The minimum absolute atomic E-state index is 0.0392. The Balaban J connectivity index is 2.10. The summed E-state index contributed by atoms with van der Waals surface area (Å²) in [5, 5.41) is -0.445. The topological polar surface area (TPSA) is 47.2 Å². The highest BCUT2D eigenvalue weighted by atomic mass is 32.1. The van der Waals surface area contributed by atoms with Gasteiger partial charge < -0.3 is 0 Å². The van der Waals surface area contributed by atoms with Gasteiger partial charge in [0.2, 0.25) is 5.12 Å². The van der Waals surface area contributed by atoms with Crippen LogP contribution < -0.4 is 0 Å². The van der Waals surface area contributed by atoms with Crippen molar-refractivity contribution in [2.24, 2.45) is 0 Å². The molecule has 0 atom stereocenters. The minimum Gasteiger partial charge on any atom is -0.280 e. The van der Waals surface area contributed by atoms with Crippen molar-refractivity contribution in [2.75, 3.05) is 0 Å². The maximum absolute atomic E-state index is 14.6. The first kappa shape index (κ1) is 19.6. The van der Waals surface area contributed by atoms with Crippen LogP contribution >= 0.6 is 12.6 Å². The lowest BCUT2D eigenvalue weighted by atomic mass is 9.84. The molecular formula is C21H15F2N3OS. The molecule has 3 rings (SSSR count). The van der Waals surface area contributed by atoms with E-state index in [-0.39, 0.29) is 17.0 Å². The molecule has 3 aromatic rings. The lowest BCUT2D eigenvalue weighted by molar-refractivity contribution is 0.108. The van der Waals surface area contributed by atoms with Crippen LogP contribution in [0.15, 0.2) is 48.5 Å². The highest BCUT2D eigenvalue weighted by molar-refractivity contribution is 7.97. The van der Waals surface area contributed by atoms with E-state index in [1.54, 1.807) is 36.4 Å². The van der Waals surface area contributed by atoms with Crippen molar-refractivity contribution >= 4 is 23.4 Å². The number of carbonyl (C=O) groups excluding carboxylic acids is 1. The van der Waals surface area contributed by atoms with Gasteiger partial charge in [0, 0.05) is 11.0 Å². The van der Waals surface area contributed by atoms with Crippen molar-refractivity contribution in [3.8, 4) is 11.3 Å². The van der Waals surface area contributed by atoms with Gasteiger partial charge in [0.15, 0.2) is 0 Å². The van der Waals surface area contributed by atoms with Crippen molar-refractivity contribution in [1.82, 2.24) is 9.97 Å². The van der Waals surface area contributed by atoms with Crippen LogP contribution in [0.4, 0.5) is 14.5 Å². The first-order chi connectivity index (χ1) is 13.3. The number of nitrogens with zero attached hydrogens (tertiary/aromatic N) is 3. The maximum atomic E-state index is 14.6. The van der Waals surface area contributed by atoms with Crippen LogP contribution in [0.3, 0.4) is 0 Å². The Labute approximate surface area is 166 Å². The fourth-order valence-electron chi connectivity index (χ4n) is 2.81. The molecule has 0 saturated carbocycles. The van der Waals surface area contributed by atoms with E-state index in [2.05, 4.69) is 27.4 Å². The molecule has 2 heterocycles. The van der Waals surface area contributed by atoms with Gasteiger partial charge in [-0.1, -0.05) is 24.8 Å². The first-order valence-electron chi connectivity index (χ1n) is 8.30. The second kappa shape index (κ2) is 7.49. The molecule has 0 fully saturated rings. The van der Waals surface area contributed by atoms with Crippen molar-refractivity contribution < 1.29 is 13.6 Å². The summed E-state index contributed by atoms with van der Waals surface area (Å²) >= 11 is 3.81. The standard InChI is InChI=1S/C21H15F2N3OS/c1-21(2,17-9-5-7-15(26-17)20(27)28)16-8-4-6-14(25-16)12-10-11-13(22)19(24-3)18(12)23/h4-11H,1-2H3,(H,27,28). The largest absolute Gasteiger partial charge is 0.280 e. The number of hydrogen-bond donors (Lipinski definition) is 1. The van der Waals surface area contributed by atoms with E-state index >= 15 is 0 Å². The third-order valence-corrected chi connectivity index (χ3v) is 4.68. The van der Waals surface area contributed by atoms with E-state index in [1.165, 1.54) is 6.07 Å². The number of halogens is 2. The number of rotatable bonds is 4. The summed E-state index contributed by atoms with van der Waals surface area (Å²) in [6.45, 7) is 10.7. The zero-order chi connectivity index (χ0) is 20.5. The van der Waals surface area contributed by atoms with Gasteiger partial charge in [-0.25, -0.2) is 18.6 Å². The number of aromatic nitrogens is 2. The van der Waals surface area contributed by atoms with Crippen LogP contribution in [0.25, 0.3) is 16.1 Å². The third kappa shape index (κ3) is 3.51. The molecule has 140 valence electrons. The van der Waals surface area contributed by atoms with Crippen molar-refractivity contribution in [2.45, 2.75) is 19.3 Å². The van der Waals surface area contributed by atoms with Gasteiger partial charge in [-0.3, -0.25) is 9.78 Å². The van der Waals surface area contributed by atoms with E-state index in [9.17, 15) is 13.6 Å². The highest BCUT2D eigenvalue weighted by Crippen LogP contribution is 2.34. The molecule has 0 N–H and O–H groups in total. The maximum Gasteiger partial charge on any atom is 0.257 e. The third-order valence-electron chi connectivity index (χ3n) is 4.45. The fourth-order valence-corrected chi connectivity index (χ4v) is 2.93. The second-order valence-corrected chi connectivity index (χ2v) is 7.02. The monoisotopic (exact) mass is 395 g/mol. The molecule has 0 aliphatic carbocycles. The van der Waals surface area contributed by atoms with Crippen LogP contribution in [-0.2, 0) is 5.41 Å². The van der Waals surface area contributed by atoms with Gasteiger partial charge in [0.1, 0.15) is 17.3 Å². The van der Waals surface area contributed by atoms with Gasteiger partial charge in [-0.15, -0.1) is 0 Å². The number of carbonyl (C=O) groups is 1. The Morgan fingerprint density at radius 1 is 1.04 bits per heavy atom. The summed E-state index contributed by atoms with van der Waals surface area (Å²) in [6.07, 6.45) is 0. The summed E-state index contributed by atoms with van der Waals surface area (Å²) in [5.41, 5.74) is 0.343. The molecule has 0 saturated heterocycles. The quantitative estimate of drug-likeness (QED) is 0.477. The molecule has 0 aliphatic heterocycles. The van der Waals surface area contributed by atoms with Crippen LogP contribution in [0.5, 0.6) is 0 Å². The van der Waals surface area contributed by atoms with Crippen LogP contribution in [-0.4, -0.2) is 15.1 Å². The van der Waals surface area contributed by atoms with Gasteiger partial charge in [0.25, 0.3) is 5.69 Å². The summed E-state index contributed by atoms with van der Waals surface area (Å²) in [6, 6.07) is 12.4. The van der Waals surface area contributed by atoms with E-state index in [0.717, 1.165) is 6.07 Å². The molecule has 2 aromatic heterocycles. The van der Waals surface area contributed by atoms with E-state index < -0.39 is 27.9 Å². The van der Waals surface area contributed by atoms with E-state index in [4.69, 9.17) is 6.57 Å². The predicted molar refractivity (Wildman–Crippen MR) is 106 cm³/mol. The van der Waals surface area contributed by atoms with E-state index in [1.807, 2.05) is 13.8 Å².